The third-order valence-electron chi connectivity index (χ3n) is 4.78. The smallest absolute Gasteiger partial charge is 0.416 e. The summed E-state index contributed by atoms with van der Waals surface area (Å²) in [5.74, 6) is -2.80. The molecule has 0 aliphatic rings. The number of hydrogen-bond donors (Lipinski definition) is 1. The molecule has 0 atom stereocenters. The number of aromatic nitrogens is 1. The minimum atomic E-state index is -4.74. The van der Waals surface area contributed by atoms with Gasteiger partial charge >= 0.3 is 12.1 Å². The lowest BCUT2D eigenvalue weighted by molar-refractivity contribution is -0.137. The maximum absolute atomic E-state index is 14.3. The third kappa shape index (κ3) is 4.48. The summed E-state index contributed by atoms with van der Waals surface area (Å²) in [5.41, 5.74) is -2.97. The van der Waals surface area contributed by atoms with Crippen LogP contribution in [0.3, 0.4) is 0 Å². The number of pyridine rings is 1. The monoisotopic (exact) mass is 507 g/mol. The van der Waals surface area contributed by atoms with E-state index in [1.54, 1.807) is 0 Å². The second-order valence-corrected chi connectivity index (χ2v) is 7.97. The van der Waals surface area contributed by atoms with E-state index in [-0.39, 0.29) is 37.5 Å². The molecule has 0 fully saturated rings. The first kappa shape index (κ1) is 24.1. The summed E-state index contributed by atoms with van der Waals surface area (Å²) in [6, 6.07) is 6.03. The average molecular weight is 509 g/mol. The largest absolute Gasteiger partial charge is 0.477 e. The number of alkyl halides is 3. The van der Waals surface area contributed by atoms with E-state index < -0.39 is 41.2 Å². The van der Waals surface area contributed by atoms with E-state index in [0.29, 0.717) is 12.1 Å². The Morgan fingerprint density at radius 2 is 1.72 bits per heavy atom. The molecule has 1 N–H and O–H groups in total. The number of carboxylic acid groups (broad SMARTS) is 1. The quantitative estimate of drug-likeness (QED) is 0.400. The van der Waals surface area contributed by atoms with Gasteiger partial charge in [0.2, 0.25) is 0 Å². The van der Waals surface area contributed by atoms with Gasteiger partial charge in [0.05, 0.1) is 27.2 Å². The SMILES string of the molecule is Cc1c(Cl)c(-c2ccc(Cl)c(Cl)c2)c(C(=O)O)c(=O)n1Cc1ccc(C(F)(F)F)cc1F. The second kappa shape index (κ2) is 8.77. The summed E-state index contributed by atoms with van der Waals surface area (Å²) in [6.45, 7) is 0.870. The lowest BCUT2D eigenvalue weighted by Gasteiger charge is -2.18. The van der Waals surface area contributed by atoms with E-state index in [2.05, 4.69) is 0 Å². The van der Waals surface area contributed by atoms with Crippen LogP contribution in [0.15, 0.2) is 41.2 Å². The minimum Gasteiger partial charge on any atom is -0.477 e. The normalized spacial score (nSPS) is 11.6. The van der Waals surface area contributed by atoms with Crippen LogP contribution in [0.2, 0.25) is 15.1 Å². The highest BCUT2D eigenvalue weighted by Gasteiger charge is 2.31. The number of aromatic carboxylic acids is 1. The molecule has 0 amide bonds. The summed E-state index contributed by atoms with van der Waals surface area (Å²) in [7, 11) is 0. The molecule has 11 heteroatoms. The highest BCUT2D eigenvalue weighted by atomic mass is 35.5. The Balaban J connectivity index is 2.21. The Hall–Kier alpha value is -2.55. The van der Waals surface area contributed by atoms with Crippen LogP contribution in [0.25, 0.3) is 11.1 Å². The molecule has 0 saturated heterocycles. The molecule has 0 radical (unpaired) electrons. The summed E-state index contributed by atoms with van der Waals surface area (Å²) >= 11 is 18.3. The van der Waals surface area contributed by atoms with Crippen molar-refractivity contribution in [3.05, 3.63) is 90.0 Å². The molecule has 0 aliphatic carbocycles. The van der Waals surface area contributed by atoms with Crippen LogP contribution in [-0.4, -0.2) is 15.6 Å². The molecule has 0 saturated carbocycles. The van der Waals surface area contributed by atoms with Gasteiger partial charge in [0.1, 0.15) is 11.4 Å². The lowest BCUT2D eigenvalue weighted by Crippen LogP contribution is -2.30. The minimum absolute atomic E-state index is 0.0852. The van der Waals surface area contributed by atoms with Crippen LogP contribution in [0.5, 0.6) is 0 Å². The molecule has 0 unspecified atom stereocenters. The van der Waals surface area contributed by atoms with Gasteiger partial charge in [-0.05, 0) is 36.8 Å². The summed E-state index contributed by atoms with van der Waals surface area (Å²) in [4.78, 5) is 25.0. The maximum Gasteiger partial charge on any atom is 0.416 e. The molecule has 168 valence electrons. The zero-order valence-corrected chi connectivity index (χ0v) is 18.3. The molecular weight excluding hydrogens is 497 g/mol. The van der Waals surface area contributed by atoms with Crippen LogP contribution in [-0.2, 0) is 12.7 Å². The van der Waals surface area contributed by atoms with Crippen molar-refractivity contribution in [1.82, 2.24) is 4.57 Å². The number of nitrogens with zero attached hydrogens (tertiary/aromatic N) is 1. The third-order valence-corrected chi connectivity index (χ3v) is 5.98. The Morgan fingerprint density at radius 3 is 2.25 bits per heavy atom. The van der Waals surface area contributed by atoms with Gasteiger partial charge in [0, 0.05) is 16.8 Å². The Kier molecular flexibility index (Phi) is 6.60. The number of halogens is 7. The van der Waals surface area contributed by atoms with Crippen molar-refractivity contribution in [2.75, 3.05) is 0 Å². The molecule has 1 aromatic heterocycles. The van der Waals surface area contributed by atoms with E-state index >= 15 is 0 Å². The van der Waals surface area contributed by atoms with Crippen molar-refractivity contribution < 1.29 is 27.5 Å². The van der Waals surface area contributed by atoms with Gasteiger partial charge in [0.25, 0.3) is 5.56 Å². The number of hydrogen-bond acceptors (Lipinski definition) is 2. The summed E-state index contributed by atoms with van der Waals surface area (Å²) in [6.07, 6.45) is -4.74. The topological polar surface area (TPSA) is 59.3 Å². The predicted octanol–water partition coefficient (Wildman–Crippen LogP) is 6.69. The summed E-state index contributed by atoms with van der Waals surface area (Å²) in [5, 5.41) is 9.87. The zero-order chi connectivity index (χ0) is 24.0. The fourth-order valence-electron chi connectivity index (χ4n) is 3.14. The van der Waals surface area contributed by atoms with Gasteiger partial charge in [0.15, 0.2) is 0 Å². The van der Waals surface area contributed by atoms with Gasteiger partial charge in [-0.3, -0.25) is 4.79 Å². The highest BCUT2D eigenvalue weighted by Crippen LogP contribution is 2.36. The van der Waals surface area contributed by atoms with Gasteiger partial charge in [-0.25, -0.2) is 9.18 Å². The molecule has 32 heavy (non-hydrogen) atoms. The van der Waals surface area contributed by atoms with Gasteiger partial charge in [-0.1, -0.05) is 46.9 Å². The fourth-order valence-corrected chi connectivity index (χ4v) is 3.74. The second-order valence-electron chi connectivity index (χ2n) is 6.78. The molecule has 4 nitrogen and oxygen atoms in total. The Bertz CT molecular complexity index is 1300. The highest BCUT2D eigenvalue weighted by molar-refractivity contribution is 6.42. The van der Waals surface area contributed by atoms with E-state index in [1.807, 2.05) is 0 Å². The first-order chi connectivity index (χ1) is 14.8. The number of benzene rings is 2. The zero-order valence-electron chi connectivity index (χ0n) is 16.0. The van der Waals surface area contributed by atoms with Crippen molar-refractivity contribution >= 4 is 40.8 Å². The molecule has 0 bridgehead atoms. The fraction of sp³-hybridized carbons (Fsp3) is 0.143. The molecule has 1 heterocycles. The van der Waals surface area contributed by atoms with Gasteiger partial charge < -0.3 is 9.67 Å². The van der Waals surface area contributed by atoms with Crippen LogP contribution in [0.4, 0.5) is 17.6 Å². The lowest BCUT2D eigenvalue weighted by atomic mass is 9.99. The molecule has 0 aliphatic heterocycles. The van der Waals surface area contributed by atoms with E-state index in [9.17, 15) is 32.3 Å². The molecule has 0 spiro atoms. The van der Waals surface area contributed by atoms with E-state index in [1.165, 1.54) is 25.1 Å². The maximum atomic E-state index is 14.3. The van der Waals surface area contributed by atoms with Crippen molar-refractivity contribution in [3.8, 4) is 11.1 Å². The van der Waals surface area contributed by atoms with E-state index in [0.717, 1.165) is 10.6 Å². The molecule has 3 rings (SSSR count). The van der Waals surface area contributed by atoms with Crippen LogP contribution < -0.4 is 5.56 Å². The summed E-state index contributed by atoms with van der Waals surface area (Å²) < 4.78 is 53.6. The van der Waals surface area contributed by atoms with Crippen LogP contribution in [0.1, 0.15) is 27.2 Å². The Morgan fingerprint density at radius 1 is 1.06 bits per heavy atom. The van der Waals surface area contributed by atoms with Gasteiger partial charge in [-0.2, -0.15) is 13.2 Å². The first-order valence-electron chi connectivity index (χ1n) is 8.80. The predicted molar refractivity (Wildman–Crippen MR) is 113 cm³/mol. The Labute approximate surface area is 193 Å². The molecule has 3 aromatic rings. The number of carbonyl (C=O) groups is 1. The first-order valence-corrected chi connectivity index (χ1v) is 9.93. The van der Waals surface area contributed by atoms with Crippen molar-refractivity contribution in [2.24, 2.45) is 0 Å². The average Bonchev–Trinajstić information content (AvgIpc) is 2.70. The van der Waals surface area contributed by atoms with Crippen molar-refractivity contribution in [3.63, 3.8) is 0 Å². The van der Waals surface area contributed by atoms with Crippen molar-refractivity contribution in [1.29, 1.82) is 0 Å². The van der Waals surface area contributed by atoms with Gasteiger partial charge in [-0.15, -0.1) is 0 Å². The van der Waals surface area contributed by atoms with Crippen LogP contribution >= 0.6 is 34.8 Å². The van der Waals surface area contributed by atoms with Crippen molar-refractivity contribution in [2.45, 2.75) is 19.6 Å². The molecule has 2 aromatic carbocycles. The number of rotatable bonds is 4. The standard InChI is InChI=1S/C21H12Cl3F4NO3/c1-9-18(24)16(10-3-5-13(22)14(23)6-10)17(20(31)32)19(30)29(9)8-11-2-4-12(7-15(11)25)21(26,27)28/h2-7H,8H2,1H3,(H,31,32). The van der Waals surface area contributed by atoms with Crippen LogP contribution in [0, 0.1) is 12.7 Å². The number of carboxylic acids is 1. The molecular formula is C21H12Cl3F4NO3. The van der Waals surface area contributed by atoms with E-state index in [4.69, 9.17) is 34.8 Å².